The molecule has 2 aliphatic heterocycles. The van der Waals surface area contributed by atoms with E-state index in [1.54, 1.807) is 11.8 Å². The summed E-state index contributed by atoms with van der Waals surface area (Å²) in [7, 11) is -4.03. The molecule has 0 unspecified atom stereocenters. The van der Waals surface area contributed by atoms with E-state index in [0.717, 1.165) is 40.3 Å². The number of imide groups is 1. The summed E-state index contributed by atoms with van der Waals surface area (Å²) in [5, 5.41) is 19.6. The highest BCUT2D eigenvalue weighted by Crippen LogP contribution is 2.43. The van der Waals surface area contributed by atoms with Gasteiger partial charge in [-0.05, 0) is 42.8 Å². The van der Waals surface area contributed by atoms with Gasteiger partial charge in [0.05, 0.1) is 39.4 Å². The summed E-state index contributed by atoms with van der Waals surface area (Å²) in [6.45, 7) is 1.87. The summed E-state index contributed by atoms with van der Waals surface area (Å²) in [6, 6.07) is 7.99. The Balaban J connectivity index is 2.00. The maximum atomic E-state index is 14.1. The molecule has 0 saturated carbocycles. The summed E-state index contributed by atoms with van der Waals surface area (Å²) in [4.78, 5) is 30.6. The fourth-order valence-corrected chi connectivity index (χ4v) is 6.47. The van der Waals surface area contributed by atoms with E-state index in [1.807, 2.05) is 12.1 Å². The minimum Gasteiger partial charge on any atom is -0.323 e. The SMILES string of the molecule is CC1=C(C#N)[C@@H](c2ccc(C#N)cc2S(C)(=O)=O)N(C(=O)N2CCSCC2)C(=O)N1c1cccc(C(F)(F)F)c1. The van der Waals surface area contributed by atoms with Gasteiger partial charge in [0.2, 0.25) is 0 Å². The molecule has 40 heavy (non-hydrogen) atoms. The van der Waals surface area contributed by atoms with E-state index in [9.17, 15) is 41.7 Å². The summed E-state index contributed by atoms with van der Waals surface area (Å²) >= 11 is 1.59. The maximum Gasteiger partial charge on any atom is 0.416 e. The van der Waals surface area contributed by atoms with Crippen LogP contribution in [0.5, 0.6) is 0 Å². The van der Waals surface area contributed by atoms with Crippen molar-refractivity contribution in [1.29, 1.82) is 10.5 Å². The van der Waals surface area contributed by atoms with Crippen LogP contribution < -0.4 is 4.90 Å². The summed E-state index contributed by atoms with van der Waals surface area (Å²) in [5.74, 6) is 1.14. The Labute approximate surface area is 233 Å². The first kappa shape index (κ1) is 29.0. The predicted octanol–water partition coefficient (Wildman–Crippen LogP) is 4.93. The largest absolute Gasteiger partial charge is 0.416 e. The highest BCUT2D eigenvalue weighted by atomic mass is 32.2. The second-order valence-electron chi connectivity index (χ2n) is 9.07. The van der Waals surface area contributed by atoms with E-state index in [1.165, 1.54) is 30.0 Å². The van der Waals surface area contributed by atoms with Crippen LogP contribution in [0.2, 0.25) is 0 Å². The Morgan fingerprint density at radius 3 is 2.33 bits per heavy atom. The van der Waals surface area contributed by atoms with Crippen LogP contribution in [0, 0.1) is 22.7 Å². The van der Waals surface area contributed by atoms with Crippen molar-refractivity contribution in [3.63, 3.8) is 0 Å². The molecule has 14 heteroatoms. The Bertz CT molecular complexity index is 1600. The van der Waals surface area contributed by atoms with Crippen molar-refractivity contribution in [2.75, 3.05) is 35.8 Å². The van der Waals surface area contributed by atoms with Crippen molar-refractivity contribution < 1.29 is 31.2 Å². The lowest BCUT2D eigenvalue weighted by Crippen LogP contribution is -2.57. The zero-order chi connectivity index (χ0) is 29.4. The molecule has 2 heterocycles. The molecule has 1 saturated heterocycles. The third-order valence-electron chi connectivity index (χ3n) is 6.53. The van der Waals surface area contributed by atoms with Crippen molar-refractivity contribution >= 4 is 39.3 Å². The standard InChI is InChI=1S/C26H22F3N5O4S2/c1-16-21(15-31)23(20-7-6-17(14-30)12-22(20)40(2,37)38)34(24(35)32-8-10-39-11-9-32)25(36)33(16)19-5-3-4-18(13-19)26(27,28)29/h3-7,12-13,23H,8-11H2,1-2H3/t23-/m1/s1. The van der Waals surface area contributed by atoms with Gasteiger partial charge in [-0.15, -0.1) is 0 Å². The van der Waals surface area contributed by atoms with E-state index in [-0.39, 0.29) is 46.1 Å². The van der Waals surface area contributed by atoms with Gasteiger partial charge in [-0.2, -0.15) is 35.5 Å². The normalized spacial score (nSPS) is 18.4. The molecule has 4 amide bonds. The molecule has 208 valence electrons. The number of nitrogens with zero attached hydrogens (tertiary/aromatic N) is 5. The molecule has 1 fully saturated rings. The highest BCUT2D eigenvalue weighted by Gasteiger charge is 2.46. The average molecular weight is 590 g/mol. The second kappa shape index (κ2) is 10.9. The number of hydrogen-bond acceptors (Lipinski definition) is 7. The maximum absolute atomic E-state index is 14.1. The number of allylic oxidation sites excluding steroid dienone is 1. The molecule has 0 bridgehead atoms. The molecule has 2 aliphatic rings. The first-order valence-electron chi connectivity index (χ1n) is 11.8. The smallest absolute Gasteiger partial charge is 0.323 e. The fraction of sp³-hybridized carbons (Fsp3) is 0.308. The van der Waals surface area contributed by atoms with Crippen LogP contribution in [0.25, 0.3) is 0 Å². The molecule has 4 rings (SSSR count). The van der Waals surface area contributed by atoms with Crippen LogP contribution in [0.4, 0.5) is 28.4 Å². The zero-order valence-corrected chi connectivity index (χ0v) is 22.9. The molecule has 0 radical (unpaired) electrons. The van der Waals surface area contributed by atoms with Crippen LogP contribution in [-0.2, 0) is 16.0 Å². The van der Waals surface area contributed by atoms with Crippen molar-refractivity contribution in [2.45, 2.75) is 24.0 Å². The van der Waals surface area contributed by atoms with Gasteiger partial charge < -0.3 is 4.90 Å². The lowest BCUT2D eigenvalue weighted by molar-refractivity contribution is -0.137. The Morgan fingerprint density at radius 1 is 1.07 bits per heavy atom. The fourth-order valence-electron chi connectivity index (χ4n) is 4.62. The predicted molar refractivity (Wildman–Crippen MR) is 141 cm³/mol. The van der Waals surface area contributed by atoms with Gasteiger partial charge in [0.25, 0.3) is 0 Å². The molecule has 0 N–H and O–H groups in total. The quantitative estimate of drug-likeness (QED) is 0.497. The van der Waals surface area contributed by atoms with Crippen LogP contribution in [-0.4, -0.2) is 61.1 Å². The van der Waals surface area contributed by atoms with Crippen molar-refractivity contribution in [1.82, 2.24) is 9.80 Å². The van der Waals surface area contributed by atoms with Gasteiger partial charge in [0.1, 0.15) is 6.04 Å². The number of amides is 4. The number of benzene rings is 2. The minimum atomic E-state index is -4.72. The number of carbonyl (C=O) groups excluding carboxylic acids is 2. The first-order valence-corrected chi connectivity index (χ1v) is 14.9. The number of rotatable bonds is 3. The van der Waals surface area contributed by atoms with Crippen LogP contribution in [0.15, 0.2) is 58.6 Å². The Hall–Kier alpha value is -4.01. The van der Waals surface area contributed by atoms with E-state index in [4.69, 9.17) is 0 Å². The molecule has 9 nitrogen and oxygen atoms in total. The second-order valence-corrected chi connectivity index (χ2v) is 12.3. The summed E-state index contributed by atoms with van der Waals surface area (Å²) < 4.78 is 66.1. The lowest BCUT2D eigenvalue weighted by atomic mass is 9.93. The monoisotopic (exact) mass is 589 g/mol. The van der Waals surface area contributed by atoms with Crippen LogP contribution >= 0.6 is 11.8 Å². The van der Waals surface area contributed by atoms with Gasteiger partial charge in [0, 0.05) is 36.5 Å². The lowest BCUT2D eigenvalue weighted by Gasteiger charge is -2.43. The molecule has 2 aromatic carbocycles. The summed E-state index contributed by atoms with van der Waals surface area (Å²) in [6.07, 6.45) is -3.83. The number of halogens is 3. The van der Waals surface area contributed by atoms with Crippen molar-refractivity contribution in [3.05, 3.63) is 70.4 Å². The molecule has 1 atom stereocenters. The van der Waals surface area contributed by atoms with Gasteiger partial charge in [0.15, 0.2) is 9.84 Å². The van der Waals surface area contributed by atoms with Crippen molar-refractivity contribution in [3.8, 4) is 12.1 Å². The van der Waals surface area contributed by atoms with E-state index < -0.39 is 39.7 Å². The number of carbonyl (C=O) groups is 2. The number of alkyl halides is 3. The molecule has 2 aromatic rings. The van der Waals surface area contributed by atoms with Gasteiger partial charge >= 0.3 is 18.2 Å². The molecular weight excluding hydrogens is 567 g/mol. The van der Waals surface area contributed by atoms with E-state index in [0.29, 0.717) is 11.5 Å². The molecule has 0 aliphatic carbocycles. The Kier molecular flexibility index (Phi) is 7.87. The van der Waals surface area contributed by atoms with Gasteiger partial charge in [-0.1, -0.05) is 12.1 Å². The highest BCUT2D eigenvalue weighted by molar-refractivity contribution is 7.99. The molecule has 0 aromatic heterocycles. The van der Waals surface area contributed by atoms with Crippen LogP contribution in [0.1, 0.15) is 29.7 Å². The number of urea groups is 2. The molecule has 0 spiro atoms. The number of thioether (sulfide) groups is 1. The molecular formula is C26H22F3N5O4S2. The topological polar surface area (TPSA) is 126 Å². The number of nitriles is 2. The van der Waals surface area contributed by atoms with Gasteiger partial charge in [-0.3, -0.25) is 4.90 Å². The Morgan fingerprint density at radius 2 is 1.75 bits per heavy atom. The van der Waals surface area contributed by atoms with Crippen molar-refractivity contribution in [2.24, 2.45) is 0 Å². The van der Waals surface area contributed by atoms with Gasteiger partial charge in [-0.25, -0.2) is 22.9 Å². The number of anilines is 1. The average Bonchev–Trinajstić information content (AvgIpc) is 2.92. The summed E-state index contributed by atoms with van der Waals surface area (Å²) in [5.41, 5.74) is -1.64. The number of hydrogen-bond donors (Lipinski definition) is 0. The third-order valence-corrected chi connectivity index (χ3v) is 8.63. The third kappa shape index (κ3) is 5.37. The zero-order valence-electron chi connectivity index (χ0n) is 21.3. The minimum absolute atomic E-state index is 0.00189. The number of sulfone groups is 1. The van der Waals surface area contributed by atoms with E-state index >= 15 is 0 Å². The van der Waals surface area contributed by atoms with E-state index in [2.05, 4.69) is 0 Å². The van der Waals surface area contributed by atoms with Crippen LogP contribution in [0.3, 0.4) is 0 Å². The first-order chi connectivity index (χ1) is 18.8.